The zero-order valence-electron chi connectivity index (χ0n) is 10.7. The van der Waals surface area contributed by atoms with Crippen LogP contribution in [0, 0.1) is 13.8 Å². The number of hydrogen-bond acceptors (Lipinski definition) is 3. The molecule has 4 heteroatoms. The third kappa shape index (κ3) is 2.96. The molecule has 0 aliphatic heterocycles. The molecule has 0 aliphatic carbocycles. The van der Waals surface area contributed by atoms with Gasteiger partial charge < -0.3 is 9.88 Å². The van der Waals surface area contributed by atoms with E-state index in [9.17, 15) is 0 Å². The Morgan fingerprint density at radius 2 is 2.24 bits per heavy atom. The smallest absolute Gasteiger partial charge is 0.0794 e. The van der Waals surface area contributed by atoms with E-state index in [1.807, 2.05) is 5.51 Å². The number of nitrogens with one attached hydrogen (secondary N) is 1. The molecule has 3 nitrogen and oxygen atoms in total. The molecule has 0 radical (unpaired) electrons. The van der Waals surface area contributed by atoms with Gasteiger partial charge in [-0.25, -0.2) is 4.98 Å². The number of hydrogen-bond donors (Lipinski definition) is 1. The second-order valence-electron chi connectivity index (χ2n) is 4.36. The van der Waals surface area contributed by atoms with Crippen molar-refractivity contribution in [3.8, 4) is 0 Å². The first-order chi connectivity index (χ1) is 8.18. The Kier molecular flexibility index (Phi) is 3.97. The van der Waals surface area contributed by atoms with Crippen LogP contribution in [0.1, 0.15) is 22.6 Å². The summed E-state index contributed by atoms with van der Waals surface area (Å²) in [5.41, 5.74) is 7.13. The minimum absolute atomic E-state index is 0.942. The van der Waals surface area contributed by atoms with Crippen LogP contribution >= 0.6 is 11.3 Å². The average molecular weight is 249 g/mol. The van der Waals surface area contributed by atoms with Crippen LogP contribution < -0.4 is 5.32 Å². The van der Waals surface area contributed by atoms with E-state index >= 15 is 0 Å². The van der Waals surface area contributed by atoms with E-state index in [2.05, 4.69) is 47.2 Å². The van der Waals surface area contributed by atoms with E-state index in [0.29, 0.717) is 0 Å². The summed E-state index contributed by atoms with van der Waals surface area (Å²) in [7, 11) is 2.11. The van der Waals surface area contributed by atoms with Crippen LogP contribution in [0.4, 0.5) is 0 Å². The molecule has 0 aliphatic rings. The van der Waals surface area contributed by atoms with E-state index in [0.717, 1.165) is 19.5 Å². The van der Waals surface area contributed by atoms with Crippen LogP contribution in [-0.4, -0.2) is 16.1 Å². The SMILES string of the molecule is Cc1cc(CNCCc2cscn2)c(C)n1C. The van der Waals surface area contributed by atoms with Crippen molar-refractivity contribution in [3.63, 3.8) is 0 Å². The molecule has 0 atom stereocenters. The van der Waals surface area contributed by atoms with E-state index in [1.165, 1.54) is 22.6 Å². The number of aryl methyl sites for hydroxylation is 1. The van der Waals surface area contributed by atoms with Crippen molar-refractivity contribution in [1.29, 1.82) is 0 Å². The highest BCUT2D eigenvalue weighted by molar-refractivity contribution is 7.07. The fourth-order valence-electron chi connectivity index (χ4n) is 1.91. The molecule has 0 saturated carbocycles. The van der Waals surface area contributed by atoms with Crippen molar-refractivity contribution in [1.82, 2.24) is 14.9 Å². The normalized spacial score (nSPS) is 11.0. The van der Waals surface area contributed by atoms with Crippen LogP contribution in [-0.2, 0) is 20.0 Å². The lowest BCUT2D eigenvalue weighted by atomic mass is 10.2. The molecule has 0 fully saturated rings. The molecule has 0 spiro atoms. The van der Waals surface area contributed by atoms with Gasteiger partial charge in [0.05, 0.1) is 11.2 Å². The van der Waals surface area contributed by atoms with Gasteiger partial charge in [-0.05, 0) is 25.5 Å². The van der Waals surface area contributed by atoms with Crippen LogP contribution in [0.5, 0.6) is 0 Å². The van der Waals surface area contributed by atoms with Gasteiger partial charge in [-0.2, -0.15) is 0 Å². The predicted molar refractivity (Wildman–Crippen MR) is 72.4 cm³/mol. The zero-order valence-corrected chi connectivity index (χ0v) is 11.5. The molecule has 92 valence electrons. The molecular formula is C13H19N3S. The number of aromatic nitrogens is 2. The van der Waals surface area contributed by atoms with Crippen LogP contribution in [0.25, 0.3) is 0 Å². The Morgan fingerprint density at radius 3 is 2.82 bits per heavy atom. The zero-order chi connectivity index (χ0) is 12.3. The molecule has 0 saturated heterocycles. The molecule has 2 heterocycles. The number of rotatable bonds is 5. The highest BCUT2D eigenvalue weighted by atomic mass is 32.1. The van der Waals surface area contributed by atoms with Gasteiger partial charge in [0, 0.05) is 43.3 Å². The van der Waals surface area contributed by atoms with Gasteiger partial charge >= 0.3 is 0 Å². The lowest BCUT2D eigenvalue weighted by Gasteiger charge is -2.04. The van der Waals surface area contributed by atoms with Gasteiger partial charge in [0.15, 0.2) is 0 Å². The van der Waals surface area contributed by atoms with Crippen LogP contribution in [0.3, 0.4) is 0 Å². The minimum Gasteiger partial charge on any atom is -0.352 e. The topological polar surface area (TPSA) is 29.9 Å². The van der Waals surface area contributed by atoms with Crippen LogP contribution in [0.2, 0.25) is 0 Å². The first-order valence-corrected chi connectivity index (χ1v) is 6.82. The van der Waals surface area contributed by atoms with E-state index < -0.39 is 0 Å². The van der Waals surface area contributed by atoms with Gasteiger partial charge in [-0.3, -0.25) is 0 Å². The predicted octanol–water partition coefficient (Wildman–Crippen LogP) is 2.43. The van der Waals surface area contributed by atoms with Crippen molar-refractivity contribution >= 4 is 11.3 Å². The Bertz CT molecular complexity index is 471. The summed E-state index contributed by atoms with van der Waals surface area (Å²) in [6, 6.07) is 2.26. The lowest BCUT2D eigenvalue weighted by Crippen LogP contribution is -2.17. The first-order valence-electron chi connectivity index (χ1n) is 5.88. The summed E-state index contributed by atoms with van der Waals surface area (Å²) in [4.78, 5) is 4.27. The highest BCUT2D eigenvalue weighted by Crippen LogP contribution is 2.12. The molecule has 0 aromatic carbocycles. The Hall–Kier alpha value is -1.13. The second kappa shape index (κ2) is 5.47. The fourth-order valence-corrected chi connectivity index (χ4v) is 2.51. The molecular weight excluding hydrogens is 230 g/mol. The van der Waals surface area contributed by atoms with Crippen molar-refractivity contribution in [2.24, 2.45) is 7.05 Å². The number of thiazole rings is 1. The quantitative estimate of drug-likeness (QED) is 0.825. The maximum atomic E-state index is 4.27. The third-order valence-corrected chi connectivity index (χ3v) is 3.87. The molecule has 1 N–H and O–H groups in total. The Morgan fingerprint density at radius 1 is 1.41 bits per heavy atom. The molecule has 2 aromatic rings. The molecule has 0 unspecified atom stereocenters. The summed E-state index contributed by atoms with van der Waals surface area (Å²) in [5, 5.41) is 5.58. The van der Waals surface area contributed by atoms with Gasteiger partial charge in [0.2, 0.25) is 0 Å². The summed E-state index contributed by atoms with van der Waals surface area (Å²) in [6.07, 6.45) is 1.01. The number of nitrogens with zero attached hydrogens (tertiary/aromatic N) is 2. The molecule has 0 amide bonds. The van der Waals surface area contributed by atoms with Crippen LogP contribution in [0.15, 0.2) is 17.0 Å². The Labute approximate surface area is 107 Å². The van der Waals surface area contributed by atoms with Gasteiger partial charge in [0.25, 0.3) is 0 Å². The summed E-state index contributed by atoms with van der Waals surface area (Å²) in [5.74, 6) is 0. The fraction of sp³-hybridized carbons (Fsp3) is 0.462. The maximum Gasteiger partial charge on any atom is 0.0794 e. The molecule has 17 heavy (non-hydrogen) atoms. The van der Waals surface area contributed by atoms with E-state index in [1.54, 1.807) is 11.3 Å². The lowest BCUT2D eigenvalue weighted by molar-refractivity contribution is 0.676. The standard InChI is InChI=1S/C13H19N3S/c1-10-6-12(11(2)16(10)3)7-14-5-4-13-8-17-9-15-13/h6,8-9,14H,4-5,7H2,1-3H3. The summed E-state index contributed by atoms with van der Waals surface area (Å²) < 4.78 is 2.23. The minimum atomic E-state index is 0.942. The van der Waals surface area contributed by atoms with Crippen molar-refractivity contribution in [2.75, 3.05) is 6.54 Å². The monoisotopic (exact) mass is 249 g/mol. The largest absolute Gasteiger partial charge is 0.352 e. The maximum absolute atomic E-state index is 4.27. The summed E-state index contributed by atoms with van der Waals surface area (Å²) in [6.45, 7) is 6.24. The van der Waals surface area contributed by atoms with Gasteiger partial charge in [0.1, 0.15) is 0 Å². The average Bonchev–Trinajstić information content (AvgIpc) is 2.90. The van der Waals surface area contributed by atoms with E-state index in [-0.39, 0.29) is 0 Å². The third-order valence-electron chi connectivity index (χ3n) is 3.24. The molecule has 2 rings (SSSR count). The first kappa shape index (κ1) is 12.3. The van der Waals surface area contributed by atoms with Crippen molar-refractivity contribution < 1.29 is 0 Å². The van der Waals surface area contributed by atoms with E-state index in [4.69, 9.17) is 0 Å². The van der Waals surface area contributed by atoms with Gasteiger partial charge in [-0.15, -0.1) is 11.3 Å². The molecule has 2 aromatic heterocycles. The molecule has 0 bridgehead atoms. The van der Waals surface area contributed by atoms with Crippen molar-refractivity contribution in [2.45, 2.75) is 26.8 Å². The Balaban J connectivity index is 1.80. The van der Waals surface area contributed by atoms with Crippen molar-refractivity contribution in [3.05, 3.63) is 39.6 Å². The highest BCUT2D eigenvalue weighted by Gasteiger charge is 2.05. The summed E-state index contributed by atoms with van der Waals surface area (Å²) >= 11 is 1.66. The van der Waals surface area contributed by atoms with Gasteiger partial charge in [-0.1, -0.05) is 0 Å². The second-order valence-corrected chi connectivity index (χ2v) is 5.08.